The van der Waals surface area contributed by atoms with Crippen LogP contribution in [0.1, 0.15) is 23.2 Å². The van der Waals surface area contributed by atoms with Crippen LogP contribution in [0.4, 0.5) is 11.4 Å². The van der Waals surface area contributed by atoms with Crippen molar-refractivity contribution in [2.45, 2.75) is 18.9 Å². The Morgan fingerprint density at radius 3 is 2.93 bits per heavy atom. The van der Waals surface area contributed by atoms with Gasteiger partial charge in [-0.3, -0.25) is 14.4 Å². The number of hydrogen-bond acceptors (Lipinski definition) is 6. The van der Waals surface area contributed by atoms with Crippen molar-refractivity contribution in [1.29, 1.82) is 0 Å². The molecule has 1 unspecified atom stereocenters. The fraction of sp³-hybridized carbons (Fsp3) is 0.286. The number of nitrogens with one attached hydrogen (secondary N) is 2. The summed E-state index contributed by atoms with van der Waals surface area (Å²) in [6.45, 7) is 0.501. The molecule has 3 aliphatic heterocycles. The summed E-state index contributed by atoms with van der Waals surface area (Å²) in [5.41, 5.74) is 1.27. The van der Waals surface area contributed by atoms with Crippen molar-refractivity contribution in [3.63, 3.8) is 0 Å². The third-order valence-electron chi connectivity index (χ3n) is 5.32. The molecular weight excluding hydrogens is 390 g/mol. The quantitative estimate of drug-likeness (QED) is 0.800. The molecule has 3 aliphatic rings. The minimum Gasteiger partial charge on any atom is -0.484 e. The fourth-order valence-electron chi connectivity index (χ4n) is 3.87. The van der Waals surface area contributed by atoms with E-state index in [-0.39, 0.29) is 31.1 Å². The van der Waals surface area contributed by atoms with E-state index >= 15 is 0 Å². The molecule has 154 valence electrons. The molecule has 1 saturated heterocycles. The number of amides is 3. The lowest BCUT2D eigenvalue weighted by molar-refractivity contribution is -0.119. The molecule has 0 aromatic heterocycles. The van der Waals surface area contributed by atoms with Crippen molar-refractivity contribution < 1.29 is 28.6 Å². The van der Waals surface area contributed by atoms with E-state index in [4.69, 9.17) is 14.2 Å². The summed E-state index contributed by atoms with van der Waals surface area (Å²) < 4.78 is 16.0. The second-order valence-electron chi connectivity index (χ2n) is 7.26. The van der Waals surface area contributed by atoms with Gasteiger partial charge in [0.2, 0.25) is 12.7 Å². The van der Waals surface area contributed by atoms with Gasteiger partial charge in [0.25, 0.3) is 11.8 Å². The fourth-order valence-corrected chi connectivity index (χ4v) is 3.87. The van der Waals surface area contributed by atoms with Gasteiger partial charge >= 0.3 is 0 Å². The maximum atomic E-state index is 12.9. The van der Waals surface area contributed by atoms with Crippen LogP contribution < -0.4 is 24.8 Å². The van der Waals surface area contributed by atoms with Crippen LogP contribution in [0, 0.1) is 0 Å². The van der Waals surface area contributed by atoms with Crippen molar-refractivity contribution in [2.24, 2.45) is 0 Å². The number of fused-ring (bicyclic) bond motifs is 3. The Bertz CT molecular complexity index is 1050. The van der Waals surface area contributed by atoms with Crippen LogP contribution in [-0.4, -0.2) is 48.6 Å². The van der Waals surface area contributed by atoms with Gasteiger partial charge in [-0.2, -0.15) is 0 Å². The molecule has 2 aromatic rings. The van der Waals surface area contributed by atoms with Gasteiger partial charge in [-0.25, -0.2) is 0 Å². The maximum Gasteiger partial charge on any atom is 0.262 e. The monoisotopic (exact) mass is 409 g/mol. The summed E-state index contributed by atoms with van der Waals surface area (Å²) in [6, 6.07) is 9.48. The third-order valence-corrected chi connectivity index (χ3v) is 5.32. The molecule has 3 amide bonds. The van der Waals surface area contributed by atoms with Crippen molar-refractivity contribution >= 4 is 29.1 Å². The SMILES string of the molecule is O=C(COc1ccc2c(c1)OCO2)Nc1ccc2c(c1)C(=O)N1CCCC1C(=O)N2. The second kappa shape index (κ2) is 7.25. The molecule has 3 heterocycles. The Morgan fingerprint density at radius 2 is 2.03 bits per heavy atom. The minimum absolute atomic E-state index is 0.162. The van der Waals surface area contributed by atoms with Crippen LogP contribution in [0.2, 0.25) is 0 Å². The molecule has 0 bridgehead atoms. The highest BCUT2D eigenvalue weighted by atomic mass is 16.7. The topological polar surface area (TPSA) is 106 Å². The number of anilines is 2. The molecule has 1 atom stereocenters. The first-order chi connectivity index (χ1) is 14.6. The average Bonchev–Trinajstić information content (AvgIpc) is 3.40. The Hall–Kier alpha value is -3.75. The maximum absolute atomic E-state index is 12.9. The van der Waals surface area contributed by atoms with Crippen LogP contribution in [0.3, 0.4) is 0 Å². The van der Waals surface area contributed by atoms with Gasteiger partial charge in [-0.05, 0) is 43.2 Å². The average molecular weight is 409 g/mol. The van der Waals surface area contributed by atoms with Crippen molar-refractivity contribution in [3.05, 3.63) is 42.0 Å². The predicted octanol–water partition coefficient (Wildman–Crippen LogP) is 1.99. The van der Waals surface area contributed by atoms with E-state index in [9.17, 15) is 14.4 Å². The molecular formula is C21H19N3O6. The highest BCUT2D eigenvalue weighted by molar-refractivity contribution is 6.11. The number of carbonyl (C=O) groups excluding carboxylic acids is 3. The number of benzene rings is 2. The van der Waals surface area contributed by atoms with E-state index in [1.807, 2.05) is 0 Å². The molecule has 1 fully saturated rings. The third kappa shape index (κ3) is 3.28. The van der Waals surface area contributed by atoms with E-state index in [2.05, 4.69) is 10.6 Å². The summed E-state index contributed by atoms with van der Waals surface area (Å²) in [6.07, 6.45) is 1.46. The molecule has 5 rings (SSSR count). The Labute approximate surface area is 171 Å². The summed E-state index contributed by atoms with van der Waals surface area (Å²) >= 11 is 0. The first-order valence-corrected chi connectivity index (χ1v) is 9.67. The van der Waals surface area contributed by atoms with Gasteiger partial charge < -0.3 is 29.7 Å². The summed E-state index contributed by atoms with van der Waals surface area (Å²) in [4.78, 5) is 39.1. The van der Waals surface area contributed by atoms with E-state index < -0.39 is 6.04 Å². The zero-order valence-electron chi connectivity index (χ0n) is 16.0. The van der Waals surface area contributed by atoms with Gasteiger partial charge in [0, 0.05) is 18.3 Å². The standard InChI is InChI=1S/C21H19N3O6/c25-19(10-28-13-4-6-17-18(9-13)30-11-29-17)22-12-3-5-15-14(8-12)21(27)24-7-1-2-16(24)20(26)23-15/h3-6,8-9,16H,1-2,7,10-11H2,(H,22,25)(H,23,26). The van der Waals surface area contributed by atoms with Gasteiger partial charge in [-0.1, -0.05) is 0 Å². The lowest BCUT2D eigenvalue weighted by atomic mass is 10.1. The molecule has 9 nitrogen and oxygen atoms in total. The highest BCUT2D eigenvalue weighted by Gasteiger charge is 2.38. The Kier molecular flexibility index (Phi) is 4.42. The smallest absolute Gasteiger partial charge is 0.262 e. The van der Waals surface area contributed by atoms with Gasteiger partial charge in [-0.15, -0.1) is 0 Å². The van der Waals surface area contributed by atoms with Crippen LogP contribution in [0.5, 0.6) is 17.2 Å². The normalized spacial score (nSPS) is 18.9. The molecule has 0 radical (unpaired) electrons. The number of nitrogens with zero attached hydrogens (tertiary/aromatic N) is 1. The molecule has 2 N–H and O–H groups in total. The van der Waals surface area contributed by atoms with E-state index in [1.165, 1.54) is 0 Å². The molecule has 2 aromatic carbocycles. The van der Waals surface area contributed by atoms with Crippen molar-refractivity contribution in [1.82, 2.24) is 4.90 Å². The van der Waals surface area contributed by atoms with Crippen molar-refractivity contribution in [2.75, 3.05) is 30.6 Å². The second-order valence-corrected chi connectivity index (χ2v) is 7.26. The van der Waals surface area contributed by atoms with Crippen molar-refractivity contribution in [3.8, 4) is 17.2 Å². The zero-order chi connectivity index (χ0) is 20.7. The predicted molar refractivity (Wildman–Crippen MR) is 106 cm³/mol. The van der Waals surface area contributed by atoms with Gasteiger partial charge in [0.1, 0.15) is 11.8 Å². The van der Waals surface area contributed by atoms with E-state index in [0.29, 0.717) is 47.2 Å². The lowest BCUT2D eigenvalue weighted by Crippen LogP contribution is -2.40. The van der Waals surface area contributed by atoms with E-state index in [0.717, 1.165) is 6.42 Å². The Balaban J connectivity index is 1.27. The Morgan fingerprint density at radius 1 is 1.17 bits per heavy atom. The van der Waals surface area contributed by atoms with Crippen LogP contribution >= 0.6 is 0 Å². The van der Waals surface area contributed by atoms with Crippen LogP contribution in [-0.2, 0) is 9.59 Å². The molecule has 9 heteroatoms. The largest absolute Gasteiger partial charge is 0.484 e. The first-order valence-electron chi connectivity index (χ1n) is 9.67. The summed E-state index contributed by atoms with van der Waals surface area (Å²) in [5, 5.41) is 5.53. The first kappa shape index (κ1) is 18.3. The summed E-state index contributed by atoms with van der Waals surface area (Å²) in [5.74, 6) is 0.923. The molecule has 30 heavy (non-hydrogen) atoms. The summed E-state index contributed by atoms with van der Waals surface area (Å²) in [7, 11) is 0. The number of rotatable bonds is 4. The lowest BCUT2D eigenvalue weighted by Gasteiger charge is -2.20. The minimum atomic E-state index is -0.432. The van der Waals surface area contributed by atoms with E-state index in [1.54, 1.807) is 41.3 Å². The zero-order valence-corrected chi connectivity index (χ0v) is 16.0. The number of hydrogen-bond donors (Lipinski definition) is 2. The molecule has 0 aliphatic carbocycles. The number of carbonyl (C=O) groups is 3. The van der Waals surface area contributed by atoms with Gasteiger partial charge in [0.05, 0.1) is 11.3 Å². The molecule has 0 spiro atoms. The number of ether oxygens (including phenoxy) is 3. The van der Waals surface area contributed by atoms with Crippen LogP contribution in [0.15, 0.2) is 36.4 Å². The molecule has 0 saturated carbocycles. The van der Waals surface area contributed by atoms with Gasteiger partial charge in [0.15, 0.2) is 18.1 Å². The van der Waals surface area contributed by atoms with Crippen LogP contribution in [0.25, 0.3) is 0 Å². The highest BCUT2D eigenvalue weighted by Crippen LogP contribution is 2.35.